The molecule has 9 nitrogen and oxygen atoms in total. The Bertz CT molecular complexity index is 1540. The Balaban J connectivity index is 0.000000217. The maximum absolute atomic E-state index is 11.4. The van der Waals surface area contributed by atoms with E-state index in [4.69, 9.17) is 20.9 Å². The molecule has 2 aromatic rings. The van der Waals surface area contributed by atoms with Gasteiger partial charge in [-0.25, -0.2) is 0 Å². The summed E-state index contributed by atoms with van der Waals surface area (Å²) in [5, 5.41) is 48.5. The Morgan fingerprint density at radius 1 is 0.576 bits per heavy atom. The third-order valence-corrected chi connectivity index (χ3v) is 15.3. The third kappa shape index (κ3) is 12.0. The quantitative estimate of drug-likeness (QED) is 0.0584. The van der Waals surface area contributed by atoms with Crippen LogP contribution in [0.4, 0.5) is 0 Å². The van der Waals surface area contributed by atoms with Crippen molar-refractivity contribution in [3.05, 3.63) is 71.3 Å². The van der Waals surface area contributed by atoms with Crippen LogP contribution in [0.3, 0.4) is 0 Å². The standard InChI is InChI=1S/C24H37NO4.C24H35NO3.2ClH/c25-23(15-26,16-27)8-6-17-2-4-22(5-3-17)29-9-1-7-24(28)20-11-18-10-19(13-20)14-21(24)12-18;25-24(15-26,16-27)8-7-17-3-5-22(6-4-17)28-9-1-2-23-20-11-18-10-19(13-20)14-21(23)12-18;;/h2-5,18-21,26-28H,1,6-16,25H2;2-6,18-21,26-27H,1,7-16,25H2;2*1H. The highest BCUT2D eigenvalue weighted by atomic mass is 35.5. The Morgan fingerprint density at radius 3 is 1.37 bits per heavy atom. The highest BCUT2D eigenvalue weighted by molar-refractivity contribution is 5.85. The van der Waals surface area contributed by atoms with E-state index in [1.807, 2.05) is 48.5 Å². The van der Waals surface area contributed by atoms with Crippen molar-refractivity contribution in [1.29, 1.82) is 0 Å². The molecule has 9 N–H and O–H groups in total. The van der Waals surface area contributed by atoms with Crippen LogP contribution in [0, 0.1) is 47.3 Å². The normalized spacial score (nSPS) is 29.9. The number of aryl methyl sites for hydroxylation is 2. The van der Waals surface area contributed by atoms with E-state index in [1.54, 1.807) is 5.57 Å². The number of halogens is 2. The zero-order valence-corrected chi connectivity index (χ0v) is 36.7. The van der Waals surface area contributed by atoms with Crippen molar-refractivity contribution in [2.24, 2.45) is 58.8 Å². The second-order valence-corrected chi connectivity index (χ2v) is 19.5. The largest absolute Gasteiger partial charge is 0.494 e. The number of benzene rings is 2. The van der Waals surface area contributed by atoms with Crippen molar-refractivity contribution in [3.63, 3.8) is 0 Å². The molecule has 332 valence electrons. The lowest BCUT2D eigenvalue weighted by molar-refractivity contribution is -0.177. The summed E-state index contributed by atoms with van der Waals surface area (Å²) in [5.74, 6) is 8.34. The van der Waals surface area contributed by atoms with E-state index in [0.29, 0.717) is 37.7 Å². The van der Waals surface area contributed by atoms with Crippen LogP contribution in [0.2, 0.25) is 0 Å². The first-order valence-electron chi connectivity index (χ1n) is 22.4. The summed E-state index contributed by atoms with van der Waals surface area (Å²) in [5.41, 5.74) is 13.6. The number of allylic oxidation sites excluding steroid dienone is 1. The molecule has 11 heteroatoms. The molecule has 8 aliphatic carbocycles. The Kier molecular flexibility index (Phi) is 17.5. The average molecular weight is 862 g/mol. The van der Waals surface area contributed by atoms with Gasteiger partial charge in [-0.05, 0) is 192 Å². The monoisotopic (exact) mass is 860 g/mol. The van der Waals surface area contributed by atoms with Crippen molar-refractivity contribution in [3.8, 4) is 11.5 Å². The van der Waals surface area contributed by atoms with Crippen LogP contribution in [0.5, 0.6) is 11.5 Å². The van der Waals surface area contributed by atoms with Crippen LogP contribution in [0.1, 0.15) is 107 Å². The smallest absolute Gasteiger partial charge is 0.119 e. The molecule has 0 spiro atoms. The molecule has 0 atom stereocenters. The second kappa shape index (κ2) is 21.4. The highest BCUT2D eigenvalue weighted by Gasteiger charge is 2.56. The van der Waals surface area contributed by atoms with Gasteiger partial charge in [0.15, 0.2) is 0 Å². The van der Waals surface area contributed by atoms with Gasteiger partial charge >= 0.3 is 0 Å². The van der Waals surface area contributed by atoms with Gasteiger partial charge in [-0.2, -0.15) is 0 Å². The number of rotatable bonds is 19. The molecule has 8 saturated carbocycles. The molecule has 8 fully saturated rings. The fourth-order valence-corrected chi connectivity index (χ4v) is 12.1. The summed E-state index contributed by atoms with van der Waals surface area (Å²) in [6.07, 6.45) is 21.4. The summed E-state index contributed by atoms with van der Waals surface area (Å²) >= 11 is 0. The van der Waals surface area contributed by atoms with Gasteiger partial charge < -0.3 is 46.5 Å². The van der Waals surface area contributed by atoms with Crippen LogP contribution in [0.25, 0.3) is 0 Å². The van der Waals surface area contributed by atoms with Gasteiger partial charge in [0.25, 0.3) is 0 Å². The van der Waals surface area contributed by atoms with Gasteiger partial charge in [-0.15, -0.1) is 24.8 Å². The van der Waals surface area contributed by atoms with Gasteiger partial charge in [-0.1, -0.05) is 35.9 Å². The number of hydrogen-bond acceptors (Lipinski definition) is 9. The number of hydrogen-bond donors (Lipinski definition) is 7. The van der Waals surface area contributed by atoms with Gasteiger partial charge in [0.05, 0.1) is 56.3 Å². The van der Waals surface area contributed by atoms with Crippen LogP contribution in [-0.2, 0) is 12.8 Å². The predicted octanol–water partition coefficient (Wildman–Crippen LogP) is 6.94. The van der Waals surface area contributed by atoms with Crippen molar-refractivity contribution < 1.29 is 35.0 Å². The minimum Gasteiger partial charge on any atom is -0.494 e. The Hall–Kier alpha value is -1.92. The van der Waals surface area contributed by atoms with Crippen LogP contribution < -0.4 is 20.9 Å². The molecule has 0 amide bonds. The van der Waals surface area contributed by atoms with E-state index in [9.17, 15) is 25.5 Å². The maximum Gasteiger partial charge on any atom is 0.119 e. The van der Waals surface area contributed by atoms with E-state index in [-0.39, 0.29) is 51.2 Å². The minimum absolute atomic E-state index is 0. The maximum atomic E-state index is 11.4. The van der Waals surface area contributed by atoms with E-state index in [0.717, 1.165) is 90.4 Å². The molecule has 2 aromatic carbocycles. The van der Waals surface area contributed by atoms with E-state index in [2.05, 4.69) is 6.08 Å². The Morgan fingerprint density at radius 2 is 0.966 bits per heavy atom. The lowest BCUT2D eigenvalue weighted by atomic mass is 9.49. The highest BCUT2D eigenvalue weighted by Crippen LogP contribution is 2.59. The third-order valence-electron chi connectivity index (χ3n) is 15.3. The molecular weight excluding hydrogens is 787 g/mol. The second-order valence-electron chi connectivity index (χ2n) is 19.5. The fraction of sp³-hybridized carbons (Fsp3) is 0.708. The zero-order valence-electron chi connectivity index (χ0n) is 35.1. The molecular formula is C48H74Cl2N2O7. The molecule has 8 aliphatic rings. The molecule has 0 heterocycles. The summed E-state index contributed by atoms with van der Waals surface area (Å²) < 4.78 is 11.9. The molecule has 59 heavy (non-hydrogen) atoms. The SMILES string of the molecule is Cl.Cl.NC(CO)(CO)CCc1ccc(OCCC=C2C3CC4CC(C3)CC2C4)cc1.NC(CO)(CO)CCc1ccc(OCCCC2(O)C3CC4CC(C3)CC2C4)cc1. The number of aliphatic hydroxyl groups is 5. The number of nitrogens with two attached hydrogens (primary N) is 2. The minimum atomic E-state index is -0.923. The molecule has 0 aromatic heterocycles. The summed E-state index contributed by atoms with van der Waals surface area (Å²) in [6, 6.07) is 16.0. The van der Waals surface area contributed by atoms with Crippen LogP contribution in [-0.4, -0.2) is 81.9 Å². The van der Waals surface area contributed by atoms with Crippen molar-refractivity contribution in [1.82, 2.24) is 0 Å². The zero-order chi connectivity index (χ0) is 40.0. The van der Waals surface area contributed by atoms with Crippen LogP contribution >= 0.6 is 24.8 Å². The number of aliphatic hydroxyl groups excluding tert-OH is 4. The van der Waals surface area contributed by atoms with Gasteiger partial charge in [0.2, 0.25) is 0 Å². The van der Waals surface area contributed by atoms with Gasteiger partial charge in [0, 0.05) is 0 Å². The summed E-state index contributed by atoms with van der Waals surface area (Å²) in [4.78, 5) is 0. The molecule has 0 radical (unpaired) electrons. The summed E-state index contributed by atoms with van der Waals surface area (Å²) in [6.45, 7) is 0.511. The summed E-state index contributed by atoms with van der Waals surface area (Å²) in [7, 11) is 0. The first-order valence-corrected chi connectivity index (χ1v) is 22.4. The van der Waals surface area contributed by atoms with Crippen molar-refractivity contribution >= 4 is 24.8 Å². The fourth-order valence-electron chi connectivity index (χ4n) is 12.1. The lowest BCUT2D eigenvalue weighted by Gasteiger charge is -2.59. The Labute approximate surface area is 365 Å². The molecule has 0 aliphatic heterocycles. The average Bonchev–Trinajstić information content (AvgIpc) is 3.22. The lowest BCUT2D eigenvalue weighted by Crippen LogP contribution is -2.57. The topological polar surface area (TPSA) is 172 Å². The van der Waals surface area contributed by atoms with E-state index in [1.165, 1.54) is 64.2 Å². The van der Waals surface area contributed by atoms with Crippen molar-refractivity contribution in [2.45, 2.75) is 126 Å². The molecule has 0 saturated heterocycles. The van der Waals surface area contributed by atoms with Crippen molar-refractivity contribution in [2.75, 3.05) is 39.6 Å². The molecule has 8 bridgehead atoms. The van der Waals surface area contributed by atoms with Gasteiger partial charge in [0.1, 0.15) is 11.5 Å². The first kappa shape index (κ1) is 48.1. The molecule has 0 unspecified atom stereocenters. The first-order chi connectivity index (χ1) is 27.5. The predicted molar refractivity (Wildman–Crippen MR) is 238 cm³/mol. The van der Waals surface area contributed by atoms with Gasteiger partial charge in [-0.3, -0.25) is 0 Å². The number of ether oxygens (including phenoxy) is 2. The molecule has 10 rings (SSSR count). The van der Waals surface area contributed by atoms with Crippen LogP contribution in [0.15, 0.2) is 60.2 Å². The van der Waals surface area contributed by atoms with E-state index >= 15 is 0 Å². The van der Waals surface area contributed by atoms with E-state index < -0.39 is 16.7 Å².